The van der Waals surface area contributed by atoms with Crippen molar-refractivity contribution in [2.45, 2.75) is 44.7 Å². The van der Waals surface area contributed by atoms with E-state index in [1.807, 2.05) is 37.3 Å². The summed E-state index contributed by atoms with van der Waals surface area (Å²) < 4.78 is 29.5. The Morgan fingerprint density at radius 2 is 2.00 bits per heavy atom. The van der Waals surface area contributed by atoms with Crippen molar-refractivity contribution in [3.05, 3.63) is 41.7 Å². The van der Waals surface area contributed by atoms with Gasteiger partial charge in [0, 0.05) is 35.5 Å². The lowest BCUT2D eigenvalue weighted by Crippen LogP contribution is -2.41. The van der Waals surface area contributed by atoms with Crippen molar-refractivity contribution in [2.75, 3.05) is 11.5 Å². The Labute approximate surface area is 153 Å². The van der Waals surface area contributed by atoms with Crippen LogP contribution in [0.3, 0.4) is 0 Å². The van der Waals surface area contributed by atoms with Crippen molar-refractivity contribution in [1.82, 2.24) is 4.90 Å². The third-order valence-electron chi connectivity index (χ3n) is 5.22. The monoisotopic (exact) mass is 373 g/mol. The second kappa shape index (κ2) is 6.58. The molecule has 2 aromatic rings. The van der Waals surface area contributed by atoms with E-state index < -0.39 is 9.84 Å². The van der Waals surface area contributed by atoms with Gasteiger partial charge in [-0.3, -0.25) is 4.79 Å². The summed E-state index contributed by atoms with van der Waals surface area (Å²) in [6.45, 7) is 2.02. The first kappa shape index (κ1) is 17.3. The van der Waals surface area contributed by atoms with E-state index in [1.54, 1.807) is 11.0 Å². The molecule has 26 heavy (non-hydrogen) atoms. The molecule has 1 aliphatic heterocycles. The molecule has 4 rings (SSSR count). The summed E-state index contributed by atoms with van der Waals surface area (Å²) in [6.07, 6.45) is 6.63. The third-order valence-corrected chi connectivity index (χ3v) is 6.97. The van der Waals surface area contributed by atoms with Gasteiger partial charge < -0.3 is 9.32 Å². The van der Waals surface area contributed by atoms with Crippen LogP contribution in [0.15, 0.2) is 34.8 Å². The standard InChI is InChI=1S/C20H23NO4S/c1-2-18-17(16-5-3-4-6-19(16)25-18)9-10-20(22)21(14-7-8-14)15-11-12-26(23,24)13-15/h3-6,9-10,14-15H,2,7-8,11-13H2,1H3/b10-9+. The molecule has 0 spiro atoms. The molecule has 2 aliphatic rings. The lowest BCUT2D eigenvalue weighted by Gasteiger charge is -2.27. The number of aryl methyl sites for hydroxylation is 1. The number of carbonyl (C=O) groups is 1. The highest BCUT2D eigenvalue weighted by Crippen LogP contribution is 2.33. The predicted molar refractivity (Wildman–Crippen MR) is 102 cm³/mol. The minimum Gasteiger partial charge on any atom is -0.460 e. The van der Waals surface area contributed by atoms with E-state index in [0.29, 0.717) is 6.42 Å². The molecule has 1 aromatic heterocycles. The molecule has 1 saturated carbocycles. The molecule has 0 bridgehead atoms. The van der Waals surface area contributed by atoms with E-state index in [-0.39, 0.29) is 29.5 Å². The van der Waals surface area contributed by atoms with Gasteiger partial charge in [-0.1, -0.05) is 25.1 Å². The topological polar surface area (TPSA) is 67.6 Å². The summed E-state index contributed by atoms with van der Waals surface area (Å²) in [7, 11) is -3.01. The smallest absolute Gasteiger partial charge is 0.247 e. The maximum absolute atomic E-state index is 12.9. The summed E-state index contributed by atoms with van der Waals surface area (Å²) in [4.78, 5) is 14.7. The molecule has 6 heteroatoms. The molecule has 0 N–H and O–H groups in total. The molecule has 1 unspecified atom stereocenters. The number of para-hydroxylation sites is 1. The lowest BCUT2D eigenvalue weighted by atomic mass is 10.1. The molecule has 1 atom stereocenters. The fraction of sp³-hybridized carbons (Fsp3) is 0.450. The van der Waals surface area contributed by atoms with Crippen LogP contribution in [0.25, 0.3) is 17.0 Å². The average molecular weight is 373 g/mol. The Balaban J connectivity index is 1.61. The van der Waals surface area contributed by atoms with Crippen molar-refractivity contribution in [3.8, 4) is 0 Å². The van der Waals surface area contributed by atoms with Crippen molar-refractivity contribution >= 4 is 32.8 Å². The van der Waals surface area contributed by atoms with Gasteiger partial charge in [-0.2, -0.15) is 0 Å². The zero-order valence-electron chi connectivity index (χ0n) is 14.8. The number of fused-ring (bicyclic) bond motifs is 1. The number of benzene rings is 1. The van der Waals surface area contributed by atoms with Crippen molar-refractivity contribution in [3.63, 3.8) is 0 Å². The van der Waals surface area contributed by atoms with Crippen LogP contribution >= 0.6 is 0 Å². The maximum atomic E-state index is 12.9. The number of sulfone groups is 1. The van der Waals surface area contributed by atoms with Crippen LogP contribution in [-0.2, 0) is 21.1 Å². The van der Waals surface area contributed by atoms with Gasteiger partial charge in [0.1, 0.15) is 11.3 Å². The fourth-order valence-electron chi connectivity index (χ4n) is 3.81. The Bertz CT molecular complexity index is 969. The summed E-state index contributed by atoms with van der Waals surface area (Å²) in [5, 5.41) is 0.995. The number of furan rings is 1. The first-order chi connectivity index (χ1) is 12.5. The van der Waals surface area contributed by atoms with Crippen LogP contribution in [0.5, 0.6) is 0 Å². The number of carbonyl (C=O) groups excluding carboxylic acids is 1. The zero-order chi connectivity index (χ0) is 18.3. The predicted octanol–water partition coefficient (Wildman–Crippen LogP) is 3.19. The highest BCUT2D eigenvalue weighted by Gasteiger charge is 2.41. The molecular formula is C20H23NO4S. The van der Waals surface area contributed by atoms with Gasteiger partial charge in [0.2, 0.25) is 5.91 Å². The molecule has 5 nitrogen and oxygen atoms in total. The highest BCUT2D eigenvalue weighted by molar-refractivity contribution is 7.91. The first-order valence-electron chi connectivity index (χ1n) is 9.19. The first-order valence-corrected chi connectivity index (χ1v) is 11.0. The number of nitrogens with zero attached hydrogens (tertiary/aromatic N) is 1. The zero-order valence-corrected chi connectivity index (χ0v) is 15.7. The Morgan fingerprint density at radius 3 is 2.65 bits per heavy atom. The summed E-state index contributed by atoms with van der Waals surface area (Å²) in [6, 6.07) is 7.81. The fourth-order valence-corrected chi connectivity index (χ4v) is 5.52. The Morgan fingerprint density at radius 1 is 1.23 bits per heavy atom. The van der Waals surface area contributed by atoms with Gasteiger partial charge in [0.15, 0.2) is 9.84 Å². The van der Waals surface area contributed by atoms with Crippen LogP contribution in [0.1, 0.15) is 37.5 Å². The molecule has 1 amide bonds. The van der Waals surface area contributed by atoms with E-state index >= 15 is 0 Å². The van der Waals surface area contributed by atoms with Gasteiger partial charge in [-0.25, -0.2) is 8.42 Å². The van der Waals surface area contributed by atoms with Crippen molar-refractivity contribution in [2.24, 2.45) is 0 Å². The van der Waals surface area contributed by atoms with E-state index in [4.69, 9.17) is 4.42 Å². The van der Waals surface area contributed by atoms with E-state index in [0.717, 1.165) is 41.6 Å². The largest absolute Gasteiger partial charge is 0.460 e. The van der Waals surface area contributed by atoms with Crippen LogP contribution in [0.4, 0.5) is 0 Å². The molecule has 2 heterocycles. The van der Waals surface area contributed by atoms with Gasteiger partial charge >= 0.3 is 0 Å². The lowest BCUT2D eigenvalue weighted by molar-refractivity contribution is -0.128. The van der Waals surface area contributed by atoms with Gasteiger partial charge in [-0.15, -0.1) is 0 Å². The molecule has 138 valence electrons. The van der Waals surface area contributed by atoms with E-state index in [1.165, 1.54) is 0 Å². The Kier molecular flexibility index (Phi) is 4.39. The van der Waals surface area contributed by atoms with Crippen LogP contribution in [0.2, 0.25) is 0 Å². The quantitative estimate of drug-likeness (QED) is 0.755. The second-order valence-corrected chi connectivity index (χ2v) is 9.38. The maximum Gasteiger partial charge on any atom is 0.247 e. The van der Waals surface area contributed by atoms with Gasteiger partial charge in [0.05, 0.1) is 11.5 Å². The molecule has 1 saturated heterocycles. The van der Waals surface area contributed by atoms with Crippen molar-refractivity contribution < 1.29 is 17.6 Å². The number of amides is 1. The van der Waals surface area contributed by atoms with Gasteiger partial charge in [0.25, 0.3) is 0 Å². The normalized spacial score (nSPS) is 22.3. The van der Waals surface area contributed by atoms with E-state index in [9.17, 15) is 13.2 Å². The molecule has 1 aliphatic carbocycles. The minimum absolute atomic E-state index is 0.0952. The number of hydrogen-bond donors (Lipinski definition) is 0. The summed E-state index contributed by atoms with van der Waals surface area (Å²) in [5.41, 5.74) is 1.75. The SMILES string of the molecule is CCc1oc2ccccc2c1/C=C/C(=O)N(C1CC1)C1CCS(=O)(=O)C1. The van der Waals surface area contributed by atoms with E-state index in [2.05, 4.69) is 0 Å². The number of rotatable bonds is 5. The van der Waals surface area contributed by atoms with Crippen LogP contribution in [0, 0.1) is 0 Å². The molecule has 1 aromatic carbocycles. The van der Waals surface area contributed by atoms with Crippen molar-refractivity contribution in [1.29, 1.82) is 0 Å². The molecule has 2 fully saturated rings. The minimum atomic E-state index is -3.01. The second-order valence-electron chi connectivity index (χ2n) is 7.16. The number of hydrogen-bond acceptors (Lipinski definition) is 4. The Hall–Kier alpha value is -2.08. The summed E-state index contributed by atoms with van der Waals surface area (Å²) >= 11 is 0. The van der Waals surface area contributed by atoms with Crippen LogP contribution < -0.4 is 0 Å². The molecular weight excluding hydrogens is 350 g/mol. The summed E-state index contributed by atoms with van der Waals surface area (Å²) in [5.74, 6) is 1.04. The third kappa shape index (κ3) is 3.30. The van der Waals surface area contributed by atoms with Crippen LogP contribution in [-0.4, -0.2) is 42.8 Å². The average Bonchev–Trinajstić information content (AvgIpc) is 3.28. The van der Waals surface area contributed by atoms with Gasteiger partial charge in [-0.05, 0) is 31.4 Å². The molecule has 0 radical (unpaired) electrons. The highest BCUT2D eigenvalue weighted by atomic mass is 32.2.